The molecule has 0 unspecified atom stereocenters. The Hall–Kier alpha value is -2.00. The number of nitro groups is 1. The number of hydrogen-bond donors (Lipinski definition) is 0. The molecule has 1 aromatic rings. The van der Waals surface area contributed by atoms with Gasteiger partial charge in [-0.2, -0.15) is 4.31 Å². The van der Waals surface area contributed by atoms with Gasteiger partial charge in [0.15, 0.2) is 0 Å². The van der Waals surface area contributed by atoms with Crippen molar-refractivity contribution >= 4 is 21.6 Å². The molecule has 1 heterocycles. The summed E-state index contributed by atoms with van der Waals surface area (Å²) in [6, 6.07) is 4.92. The molecular weight excluding hydrogens is 382 g/mol. The molecule has 0 spiro atoms. The van der Waals surface area contributed by atoms with Crippen LogP contribution in [0.2, 0.25) is 0 Å². The van der Waals surface area contributed by atoms with Crippen LogP contribution >= 0.6 is 0 Å². The number of fused-ring (bicyclic) bond motifs is 2. The summed E-state index contributed by atoms with van der Waals surface area (Å²) in [5, 5.41) is 10.7. The van der Waals surface area contributed by atoms with E-state index in [9.17, 15) is 23.3 Å². The first-order chi connectivity index (χ1) is 13.3. The van der Waals surface area contributed by atoms with E-state index in [2.05, 4.69) is 0 Å². The molecule has 152 valence electrons. The quantitative estimate of drug-likeness (QED) is 0.550. The fraction of sp³-hybridized carbons (Fsp3) is 0.632. The van der Waals surface area contributed by atoms with Crippen molar-refractivity contribution in [1.29, 1.82) is 0 Å². The van der Waals surface area contributed by atoms with E-state index in [0.717, 1.165) is 5.92 Å². The third-order valence-corrected chi connectivity index (χ3v) is 8.51. The monoisotopic (exact) mass is 407 g/mol. The van der Waals surface area contributed by atoms with Gasteiger partial charge in [-0.15, -0.1) is 0 Å². The summed E-state index contributed by atoms with van der Waals surface area (Å²) in [6.07, 6.45) is 5.61. The summed E-state index contributed by atoms with van der Waals surface area (Å²) in [5.74, 6) is 2.17. The minimum Gasteiger partial charge on any atom is -0.340 e. The number of carbonyl (C=O) groups excluding carboxylic acids is 1. The molecular formula is C19H25N3O5S. The first-order valence-corrected chi connectivity index (χ1v) is 11.3. The zero-order chi connectivity index (χ0) is 19.9. The highest BCUT2D eigenvalue weighted by Gasteiger charge is 2.41. The van der Waals surface area contributed by atoms with Gasteiger partial charge in [0.1, 0.15) is 0 Å². The molecule has 3 aliphatic rings. The number of hydrogen-bond acceptors (Lipinski definition) is 5. The number of piperazine rings is 1. The first kappa shape index (κ1) is 19.3. The van der Waals surface area contributed by atoms with E-state index in [1.54, 1.807) is 4.90 Å². The zero-order valence-electron chi connectivity index (χ0n) is 15.7. The average molecular weight is 407 g/mol. The fourth-order valence-electron chi connectivity index (χ4n) is 5.05. The van der Waals surface area contributed by atoms with E-state index >= 15 is 0 Å². The molecule has 9 heteroatoms. The summed E-state index contributed by atoms with van der Waals surface area (Å²) in [6.45, 7) is 1.29. The van der Waals surface area contributed by atoms with Gasteiger partial charge in [0.25, 0.3) is 5.69 Å². The molecule has 2 aliphatic carbocycles. The second-order valence-electron chi connectivity index (χ2n) is 8.17. The number of sulfonamides is 1. The van der Waals surface area contributed by atoms with Gasteiger partial charge in [0.2, 0.25) is 15.9 Å². The standard InChI is InChI=1S/C19H25N3O5S/c23-19(13-16-12-14-1-2-15(16)11-14)20-7-9-21(10-8-20)28(26,27)18-5-3-17(4-6-18)22(24)25/h3-6,14-16H,1-2,7-13H2/t14-,15-,16-/m1/s1. The van der Waals surface area contributed by atoms with Gasteiger partial charge in [0, 0.05) is 44.7 Å². The zero-order valence-corrected chi connectivity index (χ0v) is 16.5. The Labute approximate surface area is 164 Å². The van der Waals surface area contributed by atoms with Crippen LogP contribution in [0.5, 0.6) is 0 Å². The maximum Gasteiger partial charge on any atom is 0.269 e. The summed E-state index contributed by atoms with van der Waals surface area (Å²) < 4.78 is 26.9. The van der Waals surface area contributed by atoms with Crippen LogP contribution in [0.3, 0.4) is 0 Å². The second kappa shape index (κ2) is 7.44. The van der Waals surface area contributed by atoms with Crippen molar-refractivity contribution < 1.29 is 18.1 Å². The topological polar surface area (TPSA) is 101 Å². The van der Waals surface area contributed by atoms with Crippen molar-refractivity contribution in [3.8, 4) is 0 Å². The van der Waals surface area contributed by atoms with Crippen LogP contribution in [-0.4, -0.2) is 54.6 Å². The molecule has 1 aromatic carbocycles. The number of amides is 1. The highest BCUT2D eigenvalue weighted by atomic mass is 32.2. The Morgan fingerprint density at radius 3 is 2.29 bits per heavy atom. The molecule has 3 fully saturated rings. The molecule has 2 bridgehead atoms. The third-order valence-electron chi connectivity index (χ3n) is 6.60. The Balaban J connectivity index is 1.34. The van der Waals surface area contributed by atoms with Crippen LogP contribution in [0.15, 0.2) is 29.2 Å². The van der Waals surface area contributed by atoms with Gasteiger partial charge < -0.3 is 4.90 Å². The molecule has 28 heavy (non-hydrogen) atoms. The van der Waals surface area contributed by atoms with Crippen molar-refractivity contribution in [2.45, 2.75) is 37.0 Å². The number of nitrogens with zero attached hydrogens (tertiary/aromatic N) is 3. The van der Waals surface area contributed by atoms with E-state index in [0.29, 0.717) is 31.3 Å². The van der Waals surface area contributed by atoms with E-state index in [-0.39, 0.29) is 29.6 Å². The molecule has 4 rings (SSSR count). The van der Waals surface area contributed by atoms with Crippen molar-refractivity contribution in [2.24, 2.45) is 17.8 Å². The molecule has 0 aromatic heterocycles. The van der Waals surface area contributed by atoms with E-state index in [1.165, 1.54) is 54.3 Å². The highest BCUT2D eigenvalue weighted by Crippen LogP contribution is 2.49. The van der Waals surface area contributed by atoms with Gasteiger partial charge in [-0.3, -0.25) is 14.9 Å². The van der Waals surface area contributed by atoms with Crippen molar-refractivity contribution in [2.75, 3.05) is 26.2 Å². The van der Waals surface area contributed by atoms with Gasteiger partial charge in [-0.25, -0.2) is 8.42 Å². The molecule has 0 radical (unpaired) electrons. The average Bonchev–Trinajstić information content (AvgIpc) is 3.31. The number of nitro benzene ring substituents is 1. The number of carbonyl (C=O) groups is 1. The Bertz CT molecular complexity index is 862. The van der Waals surface area contributed by atoms with Crippen LogP contribution in [-0.2, 0) is 14.8 Å². The van der Waals surface area contributed by atoms with Crippen LogP contribution in [0.25, 0.3) is 0 Å². The lowest BCUT2D eigenvalue weighted by atomic mass is 9.86. The van der Waals surface area contributed by atoms with Crippen LogP contribution in [0.1, 0.15) is 32.1 Å². The maximum absolute atomic E-state index is 12.8. The van der Waals surface area contributed by atoms with Gasteiger partial charge in [-0.05, 0) is 49.1 Å². The van der Waals surface area contributed by atoms with E-state index < -0.39 is 14.9 Å². The number of rotatable bonds is 5. The lowest BCUT2D eigenvalue weighted by molar-refractivity contribution is -0.384. The van der Waals surface area contributed by atoms with E-state index in [1.807, 2.05) is 0 Å². The molecule has 1 saturated heterocycles. The predicted molar refractivity (Wildman–Crippen MR) is 102 cm³/mol. The highest BCUT2D eigenvalue weighted by molar-refractivity contribution is 7.89. The van der Waals surface area contributed by atoms with E-state index in [4.69, 9.17) is 0 Å². The number of non-ortho nitro benzene ring substituents is 1. The van der Waals surface area contributed by atoms with Crippen molar-refractivity contribution in [1.82, 2.24) is 9.21 Å². The summed E-state index contributed by atoms with van der Waals surface area (Å²) in [4.78, 5) is 24.7. The molecule has 1 aliphatic heterocycles. The van der Waals surface area contributed by atoms with Crippen LogP contribution in [0, 0.1) is 27.9 Å². The summed E-state index contributed by atoms with van der Waals surface area (Å²) in [5.41, 5.74) is -0.144. The van der Waals surface area contributed by atoms with Crippen LogP contribution in [0.4, 0.5) is 5.69 Å². The SMILES string of the molecule is O=C(C[C@H]1C[C@@H]2CC[C@@H]1C2)N1CCN(S(=O)(=O)c2ccc([N+](=O)[O-])cc2)CC1. The molecule has 3 atom stereocenters. The second-order valence-corrected chi connectivity index (χ2v) is 10.1. The Kier molecular flexibility index (Phi) is 5.13. The van der Waals surface area contributed by atoms with Gasteiger partial charge in [-0.1, -0.05) is 6.42 Å². The fourth-order valence-corrected chi connectivity index (χ4v) is 6.47. The molecule has 2 saturated carbocycles. The largest absolute Gasteiger partial charge is 0.340 e. The smallest absolute Gasteiger partial charge is 0.269 e. The number of benzene rings is 1. The van der Waals surface area contributed by atoms with Crippen LogP contribution < -0.4 is 0 Å². The lowest BCUT2D eigenvalue weighted by Gasteiger charge is -2.35. The normalized spacial score (nSPS) is 27.9. The van der Waals surface area contributed by atoms with Crippen molar-refractivity contribution in [3.05, 3.63) is 34.4 Å². The van der Waals surface area contributed by atoms with Gasteiger partial charge >= 0.3 is 0 Å². The summed E-state index contributed by atoms with van der Waals surface area (Å²) >= 11 is 0. The predicted octanol–water partition coefficient (Wildman–Crippen LogP) is 2.25. The molecule has 1 amide bonds. The van der Waals surface area contributed by atoms with Crippen molar-refractivity contribution in [3.63, 3.8) is 0 Å². The minimum atomic E-state index is -3.71. The minimum absolute atomic E-state index is 0.0415. The Morgan fingerprint density at radius 1 is 1.07 bits per heavy atom. The maximum atomic E-state index is 12.8. The summed E-state index contributed by atoms with van der Waals surface area (Å²) in [7, 11) is -3.71. The lowest BCUT2D eigenvalue weighted by Crippen LogP contribution is -2.50. The third kappa shape index (κ3) is 3.65. The molecule has 8 nitrogen and oxygen atoms in total. The Morgan fingerprint density at radius 2 is 1.75 bits per heavy atom. The first-order valence-electron chi connectivity index (χ1n) is 9.87. The molecule has 0 N–H and O–H groups in total. The van der Waals surface area contributed by atoms with Gasteiger partial charge in [0.05, 0.1) is 9.82 Å².